The van der Waals surface area contributed by atoms with Gasteiger partial charge >= 0.3 is 0 Å². The van der Waals surface area contributed by atoms with Crippen LogP contribution < -0.4 is 11.5 Å². The largest absolute Gasteiger partial charge is 0.369 e. The molecular formula is C23H35FN4O. The zero-order valence-electron chi connectivity index (χ0n) is 17.6. The summed E-state index contributed by atoms with van der Waals surface area (Å²) >= 11 is 0. The van der Waals surface area contributed by atoms with E-state index >= 15 is 0 Å². The summed E-state index contributed by atoms with van der Waals surface area (Å²) in [6, 6.07) is 3.68. The lowest BCUT2D eigenvalue weighted by Crippen LogP contribution is -2.24. The second kappa shape index (κ2) is 13.8. The Labute approximate surface area is 174 Å². The van der Waals surface area contributed by atoms with Gasteiger partial charge in [0.1, 0.15) is 5.83 Å². The summed E-state index contributed by atoms with van der Waals surface area (Å²) in [7, 11) is 0. The molecule has 0 aromatic carbocycles. The molecule has 0 saturated heterocycles. The highest BCUT2D eigenvalue weighted by atomic mass is 19.1. The highest BCUT2D eigenvalue weighted by molar-refractivity contribution is 5.76. The number of hydrogen-bond acceptors (Lipinski definition) is 4. The lowest BCUT2D eigenvalue weighted by Gasteiger charge is -2.25. The molecule has 1 heterocycles. The molecule has 2 saturated carbocycles. The number of rotatable bonds is 5. The number of amides is 1. The Morgan fingerprint density at radius 3 is 2.34 bits per heavy atom. The second-order valence-electron chi connectivity index (χ2n) is 7.38. The number of nitrogens with zero attached hydrogens (tertiary/aromatic N) is 2. The highest BCUT2D eigenvalue weighted by Gasteiger charge is 2.21. The Balaban J connectivity index is 0.000000294. The van der Waals surface area contributed by atoms with Crippen molar-refractivity contribution in [3.63, 3.8) is 0 Å². The van der Waals surface area contributed by atoms with Crippen molar-refractivity contribution in [3.8, 4) is 0 Å². The van der Waals surface area contributed by atoms with E-state index in [1.54, 1.807) is 12.3 Å². The van der Waals surface area contributed by atoms with Gasteiger partial charge in [0.15, 0.2) is 0 Å². The molecule has 1 amide bonds. The van der Waals surface area contributed by atoms with Crippen LogP contribution in [0.4, 0.5) is 4.39 Å². The van der Waals surface area contributed by atoms with Crippen LogP contribution in [0.2, 0.25) is 0 Å². The van der Waals surface area contributed by atoms with Crippen molar-refractivity contribution < 1.29 is 9.18 Å². The Kier molecular flexibility index (Phi) is 11.7. The van der Waals surface area contributed by atoms with E-state index in [2.05, 4.69) is 23.3 Å². The van der Waals surface area contributed by atoms with Crippen LogP contribution in [0, 0.1) is 5.92 Å². The van der Waals surface area contributed by atoms with E-state index in [1.807, 2.05) is 13.0 Å². The fourth-order valence-electron chi connectivity index (χ4n) is 3.25. The van der Waals surface area contributed by atoms with Crippen LogP contribution in [-0.2, 0) is 4.79 Å². The topological polar surface area (TPSA) is 94.4 Å². The highest BCUT2D eigenvalue weighted by Crippen LogP contribution is 2.36. The van der Waals surface area contributed by atoms with Crippen molar-refractivity contribution in [2.24, 2.45) is 22.4 Å². The molecule has 0 radical (unpaired) electrons. The number of aliphatic imine (C=N–C) groups is 1. The van der Waals surface area contributed by atoms with E-state index in [9.17, 15) is 9.18 Å². The van der Waals surface area contributed by atoms with Crippen LogP contribution in [0.15, 0.2) is 41.9 Å². The van der Waals surface area contributed by atoms with Gasteiger partial charge in [0.05, 0.1) is 6.20 Å². The average molecular weight is 403 g/mol. The minimum absolute atomic E-state index is 0.102. The average Bonchev–Trinajstić information content (AvgIpc) is 2.68. The first-order valence-electron chi connectivity index (χ1n) is 10.4. The Hall–Kier alpha value is -2.34. The molecule has 3 rings (SSSR count). The maximum atomic E-state index is 13.5. The van der Waals surface area contributed by atoms with Crippen LogP contribution in [0.25, 0.3) is 5.57 Å². The molecule has 1 aromatic rings. The maximum absolute atomic E-state index is 13.5. The SMILES string of the molecule is C=N/C=C(/F)C(=C)c1ccnc(C2CCC2)c1.CCN.NC(=O)C1CCCCC1. The summed E-state index contributed by atoms with van der Waals surface area (Å²) in [5.41, 5.74) is 12.1. The third kappa shape index (κ3) is 8.69. The van der Waals surface area contributed by atoms with Crippen LogP contribution in [0.3, 0.4) is 0 Å². The molecule has 2 aliphatic carbocycles. The number of allylic oxidation sites excluding steroid dienone is 2. The number of nitrogens with two attached hydrogens (primary N) is 2. The minimum Gasteiger partial charge on any atom is -0.369 e. The van der Waals surface area contributed by atoms with Gasteiger partial charge in [-0.15, -0.1) is 0 Å². The summed E-state index contributed by atoms with van der Waals surface area (Å²) in [5, 5.41) is 0. The summed E-state index contributed by atoms with van der Waals surface area (Å²) in [5.74, 6) is 0.173. The molecule has 2 fully saturated rings. The first-order valence-corrected chi connectivity index (χ1v) is 10.4. The number of halogens is 1. The molecule has 29 heavy (non-hydrogen) atoms. The van der Waals surface area contributed by atoms with E-state index < -0.39 is 5.83 Å². The molecule has 6 heteroatoms. The van der Waals surface area contributed by atoms with Gasteiger partial charge in [-0.3, -0.25) is 14.8 Å². The number of hydrogen-bond donors (Lipinski definition) is 2. The van der Waals surface area contributed by atoms with E-state index in [-0.39, 0.29) is 11.8 Å². The summed E-state index contributed by atoms with van der Waals surface area (Å²) in [6.45, 7) is 9.61. The number of pyridine rings is 1. The Morgan fingerprint density at radius 1 is 1.28 bits per heavy atom. The zero-order chi connectivity index (χ0) is 21.6. The van der Waals surface area contributed by atoms with Crippen molar-refractivity contribution in [1.82, 2.24) is 4.98 Å². The zero-order valence-corrected chi connectivity index (χ0v) is 17.6. The summed E-state index contributed by atoms with van der Waals surface area (Å²) in [6.07, 6.45) is 12.1. The molecule has 0 spiro atoms. The van der Waals surface area contributed by atoms with Gasteiger partial charge in [0.25, 0.3) is 0 Å². The van der Waals surface area contributed by atoms with Gasteiger partial charge in [-0.1, -0.05) is 39.2 Å². The Morgan fingerprint density at radius 2 is 1.90 bits per heavy atom. The van der Waals surface area contributed by atoms with E-state index in [1.165, 1.54) is 38.5 Å². The van der Waals surface area contributed by atoms with Crippen LogP contribution >= 0.6 is 0 Å². The minimum atomic E-state index is -0.453. The van der Waals surface area contributed by atoms with Gasteiger partial charge in [0.2, 0.25) is 5.91 Å². The van der Waals surface area contributed by atoms with Crippen molar-refractivity contribution in [2.75, 3.05) is 6.54 Å². The normalized spacial score (nSPS) is 17.0. The smallest absolute Gasteiger partial charge is 0.220 e. The van der Waals surface area contributed by atoms with Gasteiger partial charge in [-0.2, -0.15) is 0 Å². The lowest BCUT2D eigenvalue weighted by atomic mass is 9.82. The number of primary amides is 1. The molecule has 4 N–H and O–H groups in total. The van der Waals surface area contributed by atoms with Gasteiger partial charge in [-0.05, 0) is 56.6 Å². The van der Waals surface area contributed by atoms with Crippen molar-refractivity contribution in [1.29, 1.82) is 0 Å². The first-order chi connectivity index (χ1) is 13.9. The predicted octanol–water partition coefficient (Wildman–Crippen LogP) is 4.89. The fraction of sp³-hybridized carbons (Fsp3) is 0.522. The number of aromatic nitrogens is 1. The van der Waals surface area contributed by atoms with Crippen LogP contribution in [0.5, 0.6) is 0 Å². The fourth-order valence-corrected chi connectivity index (χ4v) is 3.25. The summed E-state index contributed by atoms with van der Waals surface area (Å²) in [4.78, 5) is 18.3. The van der Waals surface area contributed by atoms with Gasteiger partial charge in [0, 0.05) is 29.3 Å². The van der Waals surface area contributed by atoms with Crippen molar-refractivity contribution in [3.05, 3.63) is 48.2 Å². The van der Waals surface area contributed by atoms with Crippen molar-refractivity contribution >= 4 is 18.2 Å². The predicted molar refractivity (Wildman–Crippen MR) is 119 cm³/mol. The van der Waals surface area contributed by atoms with E-state index in [0.717, 1.165) is 36.8 Å². The molecule has 0 unspecified atom stereocenters. The van der Waals surface area contributed by atoms with Crippen molar-refractivity contribution in [2.45, 2.75) is 64.2 Å². The molecule has 0 atom stereocenters. The number of carbonyl (C=O) groups is 1. The molecule has 2 aliphatic rings. The molecule has 160 valence electrons. The first kappa shape index (κ1) is 24.7. The molecule has 0 bridgehead atoms. The maximum Gasteiger partial charge on any atom is 0.220 e. The standard InChI is InChI=1S/C14H15FN2.C7H13NO.C2H7N/c1-10(13(15)9-16-2)12-6-7-17-14(8-12)11-4-3-5-11;8-7(9)6-4-2-1-3-5-6;1-2-3/h6-9,11H,1-5H2;6H,1-5H2,(H2,8,9);2-3H2,1H3/b13-9+;;. The third-order valence-corrected chi connectivity index (χ3v) is 5.15. The summed E-state index contributed by atoms with van der Waals surface area (Å²) < 4.78 is 13.5. The van der Waals surface area contributed by atoms with Crippen LogP contribution in [0.1, 0.15) is 75.5 Å². The van der Waals surface area contributed by atoms with E-state index in [0.29, 0.717) is 11.5 Å². The number of carbonyl (C=O) groups excluding carboxylic acids is 1. The molecular weight excluding hydrogens is 367 g/mol. The Bertz CT molecular complexity index is 692. The van der Waals surface area contributed by atoms with Gasteiger partial charge in [-0.25, -0.2) is 4.39 Å². The van der Waals surface area contributed by atoms with Gasteiger partial charge < -0.3 is 11.5 Å². The second-order valence-corrected chi connectivity index (χ2v) is 7.38. The monoisotopic (exact) mass is 402 g/mol. The molecule has 1 aromatic heterocycles. The van der Waals surface area contributed by atoms with Crippen LogP contribution in [-0.4, -0.2) is 24.2 Å². The van der Waals surface area contributed by atoms with E-state index in [4.69, 9.17) is 11.5 Å². The molecule has 0 aliphatic heterocycles. The third-order valence-electron chi connectivity index (χ3n) is 5.15. The quantitative estimate of drug-likeness (QED) is 0.542. The lowest BCUT2D eigenvalue weighted by molar-refractivity contribution is -0.122. The molecule has 5 nitrogen and oxygen atoms in total.